The Bertz CT molecular complexity index is 408. The lowest BCUT2D eigenvalue weighted by molar-refractivity contribution is 0.101. The van der Waals surface area contributed by atoms with Crippen LogP contribution in [0.5, 0.6) is 0 Å². The maximum atomic E-state index is 11.2. The molecule has 82 valence electrons. The minimum absolute atomic E-state index is 0.0684. The number of rotatable bonds is 1. The van der Waals surface area contributed by atoms with Crippen molar-refractivity contribution in [3.8, 4) is 0 Å². The first kappa shape index (κ1) is 12.2. The van der Waals surface area contributed by atoms with Crippen molar-refractivity contribution in [3.05, 3.63) is 21.8 Å². The molecule has 2 N–H and O–H groups in total. The Labute approximate surface area is 98.2 Å². The van der Waals surface area contributed by atoms with Gasteiger partial charge < -0.3 is 5.73 Å². The number of halogens is 1. The molecule has 1 aromatic rings. The average molecular weight is 271 g/mol. The van der Waals surface area contributed by atoms with Gasteiger partial charge in [-0.15, -0.1) is 0 Å². The SMILES string of the molecule is CC(=O)c1cc(Br)c(C(C)(C)C)nc1N. The molecule has 0 aliphatic rings. The maximum absolute atomic E-state index is 11.2. The molecule has 0 unspecified atom stereocenters. The molecule has 0 atom stereocenters. The zero-order chi connectivity index (χ0) is 11.8. The smallest absolute Gasteiger partial charge is 0.163 e. The summed E-state index contributed by atoms with van der Waals surface area (Å²) in [4.78, 5) is 15.5. The van der Waals surface area contributed by atoms with Gasteiger partial charge in [0.25, 0.3) is 0 Å². The van der Waals surface area contributed by atoms with Gasteiger partial charge in [-0.05, 0) is 28.9 Å². The second kappa shape index (κ2) is 3.93. The number of Topliss-reactive ketones (excluding diaryl/α,β-unsaturated/α-hetero) is 1. The molecule has 0 saturated carbocycles. The van der Waals surface area contributed by atoms with E-state index in [0.717, 1.165) is 10.2 Å². The van der Waals surface area contributed by atoms with E-state index < -0.39 is 0 Å². The van der Waals surface area contributed by atoms with Crippen LogP contribution < -0.4 is 5.73 Å². The molecular formula is C11H15BrN2O. The standard InChI is InChI=1S/C11H15BrN2O/c1-6(15)7-5-8(12)9(11(2,3)4)14-10(7)13/h5H,1-4H3,(H2,13,14). The first-order valence-corrected chi connectivity index (χ1v) is 5.50. The van der Waals surface area contributed by atoms with Crippen LogP contribution in [0.2, 0.25) is 0 Å². The van der Waals surface area contributed by atoms with Crippen LogP contribution in [0.1, 0.15) is 43.7 Å². The van der Waals surface area contributed by atoms with Crippen molar-refractivity contribution in [2.45, 2.75) is 33.1 Å². The van der Waals surface area contributed by atoms with E-state index >= 15 is 0 Å². The summed E-state index contributed by atoms with van der Waals surface area (Å²) in [6, 6.07) is 1.74. The lowest BCUT2D eigenvalue weighted by Gasteiger charge is -2.20. The molecule has 0 aliphatic heterocycles. The summed E-state index contributed by atoms with van der Waals surface area (Å²) in [6.07, 6.45) is 0. The van der Waals surface area contributed by atoms with Crippen LogP contribution in [-0.4, -0.2) is 10.8 Å². The molecule has 0 aliphatic carbocycles. The van der Waals surface area contributed by atoms with E-state index in [-0.39, 0.29) is 11.2 Å². The fourth-order valence-electron chi connectivity index (χ4n) is 1.31. The van der Waals surface area contributed by atoms with Crippen molar-refractivity contribution in [1.29, 1.82) is 0 Å². The summed E-state index contributed by atoms with van der Waals surface area (Å²) in [5.74, 6) is 0.233. The van der Waals surface area contributed by atoms with Crippen LogP contribution in [0.4, 0.5) is 5.82 Å². The molecule has 0 spiro atoms. The normalized spacial score (nSPS) is 11.5. The summed E-state index contributed by atoms with van der Waals surface area (Å²) < 4.78 is 0.828. The van der Waals surface area contributed by atoms with Crippen LogP contribution in [-0.2, 0) is 5.41 Å². The van der Waals surface area contributed by atoms with Crippen molar-refractivity contribution in [2.24, 2.45) is 0 Å². The number of carbonyl (C=O) groups is 1. The maximum Gasteiger partial charge on any atom is 0.163 e. The highest BCUT2D eigenvalue weighted by Crippen LogP contribution is 2.30. The van der Waals surface area contributed by atoms with Gasteiger partial charge in [0.2, 0.25) is 0 Å². The number of anilines is 1. The number of aromatic nitrogens is 1. The van der Waals surface area contributed by atoms with Crippen LogP contribution in [0.3, 0.4) is 0 Å². The van der Waals surface area contributed by atoms with E-state index in [1.54, 1.807) is 6.07 Å². The Kier molecular flexibility index (Phi) is 3.19. The Morgan fingerprint density at radius 2 is 2.00 bits per heavy atom. The number of hydrogen-bond acceptors (Lipinski definition) is 3. The molecule has 1 aromatic heterocycles. The lowest BCUT2D eigenvalue weighted by Crippen LogP contribution is -2.17. The van der Waals surface area contributed by atoms with Gasteiger partial charge in [-0.3, -0.25) is 4.79 Å². The van der Waals surface area contributed by atoms with Gasteiger partial charge in [0.05, 0.1) is 11.3 Å². The predicted molar refractivity (Wildman–Crippen MR) is 65.1 cm³/mol. The zero-order valence-electron chi connectivity index (χ0n) is 9.39. The molecule has 0 amide bonds. The second-order valence-corrected chi connectivity index (χ2v) is 5.41. The Hall–Kier alpha value is -0.900. The molecule has 0 saturated heterocycles. The minimum Gasteiger partial charge on any atom is -0.383 e. The predicted octanol–water partition coefficient (Wildman–Crippen LogP) is 2.93. The van der Waals surface area contributed by atoms with Gasteiger partial charge in [-0.2, -0.15) is 0 Å². The number of pyridine rings is 1. The third-order valence-electron chi connectivity index (χ3n) is 2.10. The van der Waals surface area contributed by atoms with E-state index in [2.05, 4.69) is 20.9 Å². The number of carbonyl (C=O) groups excluding carboxylic acids is 1. The first-order chi connectivity index (χ1) is 6.73. The van der Waals surface area contributed by atoms with Crippen LogP contribution in [0.25, 0.3) is 0 Å². The van der Waals surface area contributed by atoms with Crippen molar-refractivity contribution in [2.75, 3.05) is 5.73 Å². The van der Waals surface area contributed by atoms with Crippen LogP contribution in [0, 0.1) is 0 Å². The van der Waals surface area contributed by atoms with Gasteiger partial charge in [-0.1, -0.05) is 20.8 Å². The molecule has 15 heavy (non-hydrogen) atoms. The molecular weight excluding hydrogens is 256 g/mol. The summed E-state index contributed by atoms with van der Waals surface area (Å²) in [5.41, 5.74) is 6.97. The zero-order valence-corrected chi connectivity index (χ0v) is 11.0. The Balaban J connectivity index is 3.39. The molecule has 1 heterocycles. The number of nitrogens with zero attached hydrogens (tertiary/aromatic N) is 1. The molecule has 4 heteroatoms. The first-order valence-electron chi connectivity index (χ1n) is 4.71. The van der Waals surface area contributed by atoms with Gasteiger partial charge in [0, 0.05) is 9.89 Å². The summed E-state index contributed by atoms with van der Waals surface area (Å²) in [7, 11) is 0. The van der Waals surface area contributed by atoms with Gasteiger partial charge in [-0.25, -0.2) is 4.98 Å². The number of ketones is 1. The summed E-state index contributed by atoms with van der Waals surface area (Å²) in [5, 5.41) is 0. The second-order valence-electron chi connectivity index (χ2n) is 4.56. The van der Waals surface area contributed by atoms with E-state index in [1.807, 2.05) is 20.8 Å². The Morgan fingerprint density at radius 3 is 2.40 bits per heavy atom. The molecule has 0 aromatic carbocycles. The highest BCUT2D eigenvalue weighted by atomic mass is 79.9. The van der Waals surface area contributed by atoms with Crippen LogP contribution >= 0.6 is 15.9 Å². The topological polar surface area (TPSA) is 56.0 Å². The molecule has 0 bridgehead atoms. The van der Waals surface area contributed by atoms with Crippen molar-refractivity contribution in [1.82, 2.24) is 4.98 Å². The third-order valence-corrected chi connectivity index (χ3v) is 2.70. The highest BCUT2D eigenvalue weighted by Gasteiger charge is 2.21. The summed E-state index contributed by atoms with van der Waals surface area (Å²) >= 11 is 3.42. The summed E-state index contributed by atoms with van der Waals surface area (Å²) in [6.45, 7) is 7.63. The van der Waals surface area contributed by atoms with Crippen molar-refractivity contribution in [3.63, 3.8) is 0 Å². The number of nitrogen functional groups attached to an aromatic ring is 1. The minimum atomic E-state index is -0.0950. The van der Waals surface area contributed by atoms with Gasteiger partial charge in [0.1, 0.15) is 5.82 Å². The van der Waals surface area contributed by atoms with E-state index in [0.29, 0.717) is 11.4 Å². The molecule has 3 nitrogen and oxygen atoms in total. The van der Waals surface area contributed by atoms with E-state index in [9.17, 15) is 4.79 Å². The van der Waals surface area contributed by atoms with Crippen molar-refractivity contribution < 1.29 is 4.79 Å². The fraction of sp³-hybridized carbons (Fsp3) is 0.455. The van der Waals surface area contributed by atoms with E-state index in [1.165, 1.54) is 6.92 Å². The number of hydrogen-bond donors (Lipinski definition) is 1. The fourth-order valence-corrected chi connectivity index (χ4v) is 2.22. The van der Waals surface area contributed by atoms with Gasteiger partial charge in [0.15, 0.2) is 5.78 Å². The molecule has 1 rings (SSSR count). The van der Waals surface area contributed by atoms with E-state index in [4.69, 9.17) is 5.73 Å². The average Bonchev–Trinajstić information content (AvgIpc) is 2.06. The van der Waals surface area contributed by atoms with Crippen molar-refractivity contribution >= 4 is 27.5 Å². The molecule has 0 radical (unpaired) electrons. The lowest BCUT2D eigenvalue weighted by atomic mass is 9.91. The monoisotopic (exact) mass is 270 g/mol. The van der Waals surface area contributed by atoms with Crippen LogP contribution in [0.15, 0.2) is 10.5 Å². The quantitative estimate of drug-likeness (QED) is 0.799. The number of nitrogens with two attached hydrogens (primary N) is 1. The largest absolute Gasteiger partial charge is 0.383 e. The van der Waals surface area contributed by atoms with Gasteiger partial charge >= 0.3 is 0 Å². The molecule has 0 fully saturated rings. The Morgan fingerprint density at radius 1 is 1.47 bits per heavy atom. The third kappa shape index (κ3) is 2.56. The highest BCUT2D eigenvalue weighted by molar-refractivity contribution is 9.10.